The van der Waals surface area contributed by atoms with Gasteiger partial charge in [0.2, 0.25) is 0 Å². The molecule has 0 unspecified atom stereocenters. The Morgan fingerprint density at radius 2 is 1.94 bits per heavy atom. The predicted molar refractivity (Wildman–Crippen MR) is 61.9 cm³/mol. The monoisotopic (exact) mass is 245 g/mol. The van der Waals surface area contributed by atoms with Gasteiger partial charge in [-0.2, -0.15) is 13.2 Å². The van der Waals surface area contributed by atoms with Crippen molar-refractivity contribution < 1.29 is 13.2 Å². The molecule has 0 spiro atoms. The van der Waals surface area contributed by atoms with Crippen molar-refractivity contribution in [1.29, 1.82) is 0 Å². The molecule has 0 radical (unpaired) electrons. The molecule has 2 nitrogen and oxygen atoms in total. The molecule has 17 heavy (non-hydrogen) atoms. The van der Waals surface area contributed by atoms with Gasteiger partial charge in [-0.3, -0.25) is 0 Å². The lowest BCUT2D eigenvalue weighted by Crippen LogP contribution is -2.16. The van der Waals surface area contributed by atoms with Gasteiger partial charge in [-0.05, 0) is 26.7 Å². The number of hydrogen-bond acceptors (Lipinski definition) is 1. The molecule has 0 atom stereocenters. The van der Waals surface area contributed by atoms with E-state index in [2.05, 4.69) is 5.32 Å². The van der Waals surface area contributed by atoms with Crippen molar-refractivity contribution in [3.63, 3.8) is 0 Å². The van der Waals surface area contributed by atoms with E-state index in [9.17, 15) is 13.2 Å². The standard InChI is InChI=1S/C12H16F3N2/c1-17(2)7-6-16-9-10-4-3-5-11(8-10)12(13,14)15/h3-5,8H,6-7,9H2,1-2H3/q-1. The van der Waals surface area contributed by atoms with E-state index in [1.165, 1.54) is 6.07 Å². The zero-order valence-electron chi connectivity index (χ0n) is 9.96. The molecular weight excluding hydrogens is 229 g/mol. The Kier molecular flexibility index (Phi) is 4.96. The highest BCUT2D eigenvalue weighted by molar-refractivity contribution is 5.26. The summed E-state index contributed by atoms with van der Waals surface area (Å²) in [4.78, 5) is 1.98. The van der Waals surface area contributed by atoms with Gasteiger partial charge < -0.3 is 10.2 Å². The Hall–Kier alpha value is -1.07. The first-order valence-corrected chi connectivity index (χ1v) is 5.33. The summed E-state index contributed by atoms with van der Waals surface area (Å²) in [7, 11) is 3.86. The van der Waals surface area contributed by atoms with Gasteiger partial charge in [0.25, 0.3) is 0 Å². The number of benzene rings is 1. The lowest BCUT2D eigenvalue weighted by Gasteiger charge is -2.22. The topological polar surface area (TPSA) is 17.3 Å². The summed E-state index contributed by atoms with van der Waals surface area (Å²) in [5.74, 6) is 0. The summed E-state index contributed by atoms with van der Waals surface area (Å²) in [6.45, 7) is 1.76. The summed E-state index contributed by atoms with van der Waals surface area (Å²) in [6.07, 6.45) is -4.28. The van der Waals surface area contributed by atoms with Gasteiger partial charge in [0, 0.05) is 0 Å². The van der Waals surface area contributed by atoms with Crippen LogP contribution in [0.3, 0.4) is 0 Å². The molecule has 96 valence electrons. The van der Waals surface area contributed by atoms with Crippen molar-refractivity contribution >= 4 is 0 Å². The molecular formula is C12H16F3N2-. The first kappa shape index (κ1) is 14.0. The van der Waals surface area contributed by atoms with Crippen LogP contribution in [0.5, 0.6) is 0 Å². The summed E-state index contributed by atoms with van der Waals surface area (Å²) >= 11 is 0. The van der Waals surface area contributed by atoms with E-state index in [0.717, 1.165) is 18.7 Å². The fraction of sp³-hybridized carbons (Fsp3) is 0.500. The molecule has 0 N–H and O–H groups in total. The second-order valence-corrected chi connectivity index (χ2v) is 4.11. The van der Waals surface area contributed by atoms with Gasteiger partial charge in [-0.15, -0.1) is 13.1 Å². The van der Waals surface area contributed by atoms with Crippen molar-refractivity contribution in [2.75, 3.05) is 27.2 Å². The highest BCUT2D eigenvalue weighted by atomic mass is 19.4. The van der Waals surface area contributed by atoms with Crippen LogP contribution < -0.4 is 0 Å². The van der Waals surface area contributed by atoms with Gasteiger partial charge in [0.15, 0.2) is 0 Å². The Labute approximate surface area is 99.4 Å². The summed E-state index contributed by atoms with van der Waals surface area (Å²) < 4.78 is 37.3. The highest BCUT2D eigenvalue weighted by Crippen LogP contribution is 2.29. The van der Waals surface area contributed by atoms with E-state index in [1.54, 1.807) is 6.07 Å². The van der Waals surface area contributed by atoms with Crippen LogP contribution in [0.25, 0.3) is 5.32 Å². The molecule has 0 saturated carbocycles. The van der Waals surface area contributed by atoms with Gasteiger partial charge >= 0.3 is 6.18 Å². The molecule has 0 bridgehead atoms. The molecule has 0 aliphatic rings. The van der Waals surface area contributed by atoms with Crippen molar-refractivity contribution in [2.24, 2.45) is 0 Å². The second kappa shape index (κ2) is 6.02. The SMILES string of the molecule is CN(C)CC[N-]Cc1cccc(C(F)(F)F)c1. The van der Waals surface area contributed by atoms with Crippen LogP contribution in [0, 0.1) is 0 Å². The summed E-state index contributed by atoms with van der Waals surface area (Å²) in [5.41, 5.74) is -0.0172. The molecule has 0 heterocycles. The zero-order valence-corrected chi connectivity index (χ0v) is 9.96. The highest BCUT2D eigenvalue weighted by Gasteiger charge is 2.29. The van der Waals surface area contributed by atoms with Crippen LogP contribution in [-0.4, -0.2) is 32.1 Å². The molecule has 0 amide bonds. The molecule has 1 rings (SSSR count). The molecule has 1 aromatic rings. The maximum Gasteiger partial charge on any atom is 0.416 e. The third-order valence-corrected chi connectivity index (χ3v) is 2.25. The number of likely N-dealkylation sites (N-methyl/N-ethyl adjacent to an activating group) is 1. The first-order valence-electron chi connectivity index (χ1n) is 5.33. The van der Waals surface area contributed by atoms with Gasteiger partial charge in [-0.25, -0.2) is 0 Å². The minimum atomic E-state index is -4.28. The average molecular weight is 245 g/mol. The maximum atomic E-state index is 12.4. The van der Waals surface area contributed by atoms with Crippen molar-refractivity contribution in [1.82, 2.24) is 4.90 Å². The first-order chi connectivity index (χ1) is 7.89. The van der Waals surface area contributed by atoms with Crippen LogP contribution in [0.4, 0.5) is 13.2 Å². The Balaban J connectivity index is 2.49. The Morgan fingerprint density at radius 1 is 1.24 bits per heavy atom. The molecule has 5 heteroatoms. The fourth-order valence-electron chi connectivity index (χ4n) is 1.32. The normalized spacial score (nSPS) is 12.1. The maximum absolute atomic E-state index is 12.4. The third kappa shape index (κ3) is 5.19. The molecule has 0 saturated heterocycles. The Bertz CT molecular complexity index is 348. The van der Waals surface area contributed by atoms with Gasteiger partial charge in [0.1, 0.15) is 0 Å². The second-order valence-electron chi connectivity index (χ2n) is 4.11. The number of alkyl halides is 3. The predicted octanol–water partition coefficient (Wildman–Crippen LogP) is 3.14. The van der Waals surface area contributed by atoms with E-state index >= 15 is 0 Å². The lowest BCUT2D eigenvalue weighted by atomic mass is 10.1. The molecule has 0 aliphatic heterocycles. The summed E-state index contributed by atoms with van der Waals surface area (Å²) in [6, 6.07) is 5.30. The van der Waals surface area contributed by atoms with Gasteiger partial charge in [0.05, 0.1) is 5.56 Å². The zero-order chi connectivity index (χ0) is 12.9. The van der Waals surface area contributed by atoms with E-state index in [1.807, 2.05) is 19.0 Å². The third-order valence-electron chi connectivity index (χ3n) is 2.25. The van der Waals surface area contributed by atoms with E-state index in [0.29, 0.717) is 18.7 Å². The molecule has 1 aromatic carbocycles. The van der Waals surface area contributed by atoms with E-state index < -0.39 is 11.7 Å². The van der Waals surface area contributed by atoms with Crippen molar-refractivity contribution in [3.05, 3.63) is 40.7 Å². The van der Waals surface area contributed by atoms with Crippen LogP contribution in [0.15, 0.2) is 24.3 Å². The fourth-order valence-corrected chi connectivity index (χ4v) is 1.32. The largest absolute Gasteiger partial charge is 0.657 e. The van der Waals surface area contributed by atoms with Crippen LogP contribution >= 0.6 is 0 Å². The quantitative estimate of drug-likeness (QED) is 0.728. The molecule has 0 aromatic heterocycles. The summed E-state index contributed by atoms with van der Waals surface area (Å²) in [5, 5.41) is 4.20. The van der Waals surface area contributed by atoms with Crippen LogP contribution in [0.2, 0.25) is 0 Å². The minimum Gasteiger partial charge on any atom is -0.657 e. The number of halogens is 3. The van der Waals surface area contributed by atoms with E-state index in [4.69, 9.17) is 0 Å². The Morgan fingerprint density at radius 3 is 2.53 bits per heavy atom. The van der Waals surface area contributed by atoms with Crippen LogP contribution in [0.1, 0.15) is 11.1 Å². The van der Waals surface area contributed by atoms with Crippen LogP contribution in [-0.2, 0) is 12.7 Å². The number of rotatable bonds is 5. The minimum absolute atomic E-state index is 0.331. The molecule has 0 fully saturated rings. The number of hydrogen-bond donors (Lipinski definition) is 0. The van der Waals surface area contributed by atoms with Crippen molar-refractivity contribution in [3.8, 4) is 0 Å². The lowest BCUT2D eigenvalue weighted by molar-refractivity contribution is -0.137. The molecule has 0 aliphatic carbocycles. The number of nitrogens with zero attached hydrogens (tertiary/aromatic N) is 2. The smallest absolute Gasteiger partial charge is 0.416 e. The van der Waals surface area contributed by atoms with Crippen molar-refractivity contribution in [2.45, 2.75) is 12.7 Å². The van der Waals surface area contributed by atoms with Gasteiger partial charge in [-0.1, -0.05) is 23.8 Å². The van der Waals surface area contributed by atoms with E-state index in [-0.39, 0.29) is 0 Å². The average Bonchev–Trinajstić information content (AvgIpc) is 2.23.